The molecule has 24 heavy (non-hydrogen) atoms. The number of nitrogen functional groups attached to an aromatic ring is 1. The maximum Gasteiger partial charge on any atom is 0.264 e. The van der Waals surface area contributed by atoms with Crippen molar-refractivity contribution in [2.45, 2.75) is 18.9 Å². The molecule has 0 spiro atoms. The molecule has 1 unspecified atom stereocenters. The van der Waals surface area contributed by atoms with Gasteiger partial charge in [-0.25, -0.2) is 0 Å². The van der Waals surface area contributed by atoms with Crippen molar-refractivity contribution < 1.29 is 14.7 Å². The van der Waals surface area contributed by atoms with Gasteiger partial charge in [-0.15, -0.1) is 0 Å². The van der Waals surface area contributed by atoms with Crippen molar-refractivity contribution in [2.24, 2.45) is 0 Å². The smallest absolute Gasteiger partial charge is 0.264 e. The Bertz CT molecular complexity index is 820. The van der Waals surface area contributed by atoms with E-state index < -0.39 is 11.5 Å². The van der Waals surface area contributed by atoms with Crippen LogP contribution in [0.1, 0.15) is 29.3 Å². The lowest BCUT2D eigenvalue weighted by Gasteiger charge is -2.22. The molecule has 1 heterocycles. The van der Waals surface area contributed by atoms with E-state index in [-0.39, 0.29) is 12.2 Å². The third-order valence-corrected chi connectivity index (χ3v) is 4.75. The van der Waals surface area contributed by atoms with Gasteiger partial charge in [0.2, 0.25) is 0 Å². The summed E-state index contributed by atoms with van der Waals surface area (Å²) in [6.45, 7) is 2.25. The zero-order valence-electron chi connectivity index (χ0n) is 13.1. The predicted molar refractivity (Wildman–Crippen MR) is 95.9 cm³/mol. The van der Waals surface area contributed by atoms with Gasteiger partial charge < -0.3 is 15.7 Å². The van der Waals surface area contributed by atoms with Gasteiger partial charge in [-0.2, -0.15) is 0 Å². The second-order valence-corrected chi connectivity index (χ2v) is 6.71. The van der Waals surface area contributed by atoms with Gasteiger partial charge in [0.15, 0.2) is 11.4 Å². The van der Waals surface area contributed by atoms with Gasteiger partial charge in [-0.1, -0.05) is 15.9 Å². The number of rotatable bonds is 4. The monoisotopic (exact) mass is 388 g/mol. The number of ketones is 1. The van der Waals surface area contributed by atoms with Gasteiger partial charge in [0.1, 0.15) is 0 Å². The van der Waals surface area contributed by atoms with Crippen LogP contribution in [0.2, 0.25) is 0 Å². The summed E-state index contributed by atoms with van der Waals surface area (Å²) in [4.78, 5) is 26.8. The molecule has 0 bridgehead atoms. The van der Waals surface area contributed by atoms with E-state index in [9.17, 15) is 14.7 Å². The zero-order valence-corrected chi connectivity index (χ0v) is 14.7. The highest BCUT2D eigenvalue weighted by Gasteiger charge is 2.50. The molecule has 2 aromatic rings. The molecular formula is C18H17BrN2O3. The van der Waals surface area contributed by atoms with E-state index in [2.05, 4.69) is 15.9 Å². The van der Waals surface area contributed by atoms with Crippen molar-refractivity contribution >= 4 is 39.0 Å². The summed E-state index contributed by atoms with van der Waals surface area (Å²) in [5.41, 5.74) is 5.83. The fourth-order valence-electron chi connectivity index (χ4n) is 3.01. The SMILES string of the molecule is CCN1C(=O)C(O)(CC(=O)c2ccc(N)cc2)c2cc(Br)ccc21. The number of halogens is 1. The fraction of sp³-hybridized carbons (Fsp3) is 0.222. The number of carbonyl (C=O) groups excluding carboxylic acids is 2. The molecule has 3 N–H and O–H groups in total. The Balaban J connectivity index is 2.00. The summed E-state index contributed by atoms with van der Waals surface area (Å²) in [6.07, 6.45) is -0.310. The number of fused-ring (bicyclic) bond motifs is 1. The normalized spacial score (nSPS) is 19.5. The first kappa shape index (κ1) is 16.7. The van der Waals surface area contributed by atoms with Gasteiger partial charge in [0.05, 0.1) is 12.1 Å². The summed E-state index contributed by atoms with van der Waals surface area (Å²) in [6, 6.07) is 11.7. The first-order chi connectivity index (χ1) is 11.4. The first-order valence-electron chi connectivity index (χ1n) is 7.60. The number of nitrogens with zero attached hydrogens (tertiary/aromatic N) is 1. The lowest BCUT2D eigenvalue weighted by atomic mass is 9.88. The van der Waals surface area contributed by atoms with Crippen molar-refractivity contribution in [1.82, 2.24) is 0 Å². The molecule has 6 heteroatoms. The van der Waals surface area contributed by atoms with Gasteiger partial charge in [0.25, 0.3) is 5.91 Å². The molecule has 124 valence electrons. The highest BCUT2D eigenvalue weighted by Crippen LogP contribution is 2.43. The van der Waals surface area contributed by atoms with Crippen LogP contribution in [-0.2, 0) is 10.4 Å². The quantitative estimate of drug-likeness (QED) is 0.622. The van der Waals surface area contributed by atoms with Gasteiger partial charge in [-0.3, -0.25) is 9.59 Å². The maximum absolute atomic E-state index is 12.7. The van der Waals surface area contributed by atoms with Crippen molar-refractivity contribution in [2.75, 3.05) is 17.2 Å². The van der Waals surface area contributed by atoms with Gasteiger partial charge in [-0.05, 0) is 49.4 Å². The molecule has 0 aliphatic carbocycles. The number of hydrogen-bond donors (Lipinski definition) is 2. The van der Waals surface area contributed by atoms with Crippen LogP contribution in [0.5, 0.6) is 0 Å². The molecule has 0 saturated carbocycles. The highest BCUT2D eigenvalue weighted by atomic mass is 79.9. The molecule has 0 fully saturated rings. The number of hydrogen-bond acceptors (Lipinski definition) is 4. The Morgan fingerprint density at radius 2 is 1.92 bits per heavy atom. The Kier molecular flexibility index (Phi) is 4.19. The van der Waals surface area contributed by atoms with Crippen molar-refractivity contribution in [3.05, 3.63) is 58.1 Å². The Morgan fingerprint density at radius 3 is 2.54 bits per heavy atom. The molecule has 1 amide bonds. The number of benzene rings is 2. The van der Waals surface area contributed by atoms with E-state index in [0.717, 1.165) is 4.47 Å². The summed E-state index contributed by atoms with van der Waals surface area (Å²) in [5.74, 6) is -0.781. The minimum absolute atomic E-state index is 0.310. The Labute approximate surface area is 148 Å². The molecule has 2 aromatic carbocycles. The third kappa shape index (κ3) is 2.61. The predicted octanol–water partition coefficient (Wildman–Crippen LogP) is 2.86. The van der Waals surface area contributed by atoms with Gasteiger partial charge >= 0.3 is 0 Å². The number of aliphatic hydroxyl groups is 1. The lowest BCUT2D eigenvalue weighted by molar-refractivity contribution is -0.135. The van der Waals surface area contributed by atoms with Crippen LogP contribution in [0.4, 0.5) is 11.4 Å². The molecule has 1 aliphatic heterocycles. The molecule has 1 atom stereocenters. The maximum atomic E-state index is 12.7. The van der Waals surface area contributed by atoms with Crippen molar-refractivity contribution in [3.8, 4) is 0 Å². The molecule has 1 aliphatic rings. The molecule has 0 saturated heterocycles. The van der Waals surface area contributed by atoms with E-state index in [1.54, 1.807) is 36.4 Å². The fourth-order valence-corrected chi connectivity index (χ4v) is 3.37. The molecule has 0 aromatic heterocycles. The van der Waals surface area contributed by atoms with E-state index in [0.29, 0.717) is 29.0 Å². The van der Waals surface area contributed by atoms with Crippen LogP contribution < -0.4 is 10.6 Å². The van der Waals surface area contributed by atoms with Crippen molar-refractivity contribution in [3.63, 3.8) is 0 Å². The van der Waals surface area contributed by atoms with E-state index >= 15 is 0 Å². The minimum atomic E-state index is -1.85. The lowest BCUT2D eigenvalue weighted by Crippen LogP contribution is -2.41. The number of carbonyl (C=O) groups is 2. The molecule has 0 radical (unpaired) electrons. The molecular weight excluding hydrogens is 372 g/mol. The zero-order chi connectivity index (χ0) is 17.5. The number of likely N-dealkylation sites (N-methyl/N-ethyl adjacent to an activating group) is 1. The second-order valence-electron chi connectivity index (χ2n) is 5.79. The summed E-state index contributed by atoms with van der Waals surface area (Å²) < 4.78 is 0.741. The summed E-state index contributed by atoms with van der Waals surface area (Å²) >= 11 is 3.36. The Hall–Kier alpha value is -2.18. The largest absolute Gasteiger partial charge is 0.399 e. The molecule has 5 nitrogen and oxygen atoms in total. The van der Waals surface area contributed by atoms with Crippen LogP contribution in [0.15, 0.2) is 46.9 Å². The molecule has 3 rings (SSSR count). The average molecular weight is 389 g/mol. The number of anilines is 2. The summed E-state index contributed by atoms with van der Waals surface area (Å²) in [5, 5.41) is 11.1. The van der Waals surface area contributed by atoms with E-state index in [1.807, 2.05) is 13.0 Å². The second kappa shape index (κ2) is 6.03. The standard InChI is InChI=1S/C18H17BrN2O3/c1-2-21-15-8-5-12(19)9-14(15)18(24,17(21)23)10-16(22)11-3-6-13(20)7-4-11/h3-9,24H,2,10,20H2,1H3. The van der Waals surface area contributed by atoms with Crippen LogP contribution in [-0.4, -0.2) is 23.3 Å². The summed E-state index contributed by atoms with van der Waals surface area (Å²) in [7, 11) is 0. The van der Waals surface area contributed by atoms with Crippen LogP contribution in [0, 0.1) is 0 Å². The van der Waals surface area contributed by atoms with E-state index in [4.69, 9.17) is 5.73 Å². The third-order valence-electron chi connectivity index (χ3n) is 4.26. The highest BCUT2D eigenvalue weighted by molar-refractivity contribution is 9.10. The van der Waals surface area contributed by atoms with Crippen LogP contribution in [0.25, 0.3) is 0 Å². The van der Waals surface area contributed by atoms with Gasteiger partial charge in [0, 0.05) is 27.8 Å². The van der Waals surface area contributed by atoms with E-state index in [1.165, 1.54) is 4.90 Å². The minimum Gasteiger partial charge on any atom is -0.399 e. The number of amides is 1. The first-order valence-corrected chi connectivity index (χ1v) is 8.39. The van der Waals surface area contributed by atoms with Crippen molar-refractivity contribution in [1.29, 1.82) is 0 Å². The van der Waals surface area contributed by atoms with Crippen LogP contribution in [0.3, 0.4) is 0 Å². The Morgan fingerprint density at radius 1 is 1.25 bits per heavy atom. The topological polar surface area (TPSA) is 83.6 Å². The van der Waals surface area contributed by atoms with Crippen LogP contribution >= 0.6 is 15.9 Å². The number of nitrogens with two attached hydrogens (primary N) is 1. The number of Topliss-reactive ketones (excluding diaryl/α,β-unsaturated/α-hetero) is 1. The average Bonchev–Trinajstić information content (AvgIpc) is 2.76.